The predicted octanol–water partition coefficient (Wildman–Crippen LogP) is 3.09. The van der Waals surface area contributed by atoms with E-state index in [9.17, 15) is 8.42 Å². The topological polar surface area (TPSA) is 64.6 Å². The van der Waals surface area contributed by atoms with Gasteiger partial charge in [-0.3, -0.25) is 0 Å². The van der Waals surface area contributed by atoms with E-state index in [-0.39, 0.29) is 16.5 Å². The standard InChI is InChI=1S/C16H24ClNO4S/c1-11(2)18-23(19,20)13-8-12-10-16(3,4)22-15(12)14(9-13)21-7-5-6-17/h8-9,11,18H,5-7,10H2,1-4H3. The first-order chi connectivity index (χ1) is 10.6. The van der Waals surface area contributed by atoms with Gasteiger partial charge < -0.3 is 9.47 Å². The highest BCUT2D eigenvalue weighted by Gasteiger charge is 2.34. The minimum Gasteiger partial charge on any atom is -0.490 e. The molecular weight excluding hydrogens is 338 g/mol. The molecule has 0 fully saturated rings. The summed E-state index contributed by atoms with van der Waals surface area (Å²) in [6.07, 6.45) is 1.32. The lowest BCUT2D eigenvalue weighted by atomic mass is 10.0. The molecule has 1 N–H and O–H groups in total. The molecule has 0 amide bonds. The lowest BCUT2D eigenvalue weighted by molar-refractivity contribution is 0.132. The van der Waals surface area contributed by atoms with Gasteiger partial charge in [-0.2, -0.15) is 0 Å². The molecule has 1 aliphatic rings. The second-order valence-electron chi connectivity index (χ2n) is 6.62. The van der Waals surface area contributed by atoms with Crippen LogP contribution in [0.5, 0.6) is 11.5 Å². The van der Waals surface area contributed by atoms with Crippen molar-refractivity contribution >= 4 is 21.6 Å². The number of hydrogen-bond acceptors (Lipinski definition) is 4. The third-order valence-corrected chi connectivity index (χ3v) is 5.24. The predicted molar refractivity (Wildman–Crippen MR) is 91.1 cm³/mol. The van der Waals surface area contributed by atoms with Gasteiger partial charge >= 0.3 is 0 Å². The SMILES string of the molecule is CC(C)NS(=O)(=O)c1cc2c(c(OCCCCl)c1)OC(C)(C)C2. The van der Waals surface area contributed by atoms with E-state index in [0.29, 0.717) is 36.8 Å². The number of rotatable bonds is 7. The Hall–Kier alpha value is -0.980. The molecule has 0 spiro atoms. The molecule has 0 radical (unpaired) electrons. The lowest BCUT2D eigenvalue weighted by Crippen LogP contribution is -2.30. The Morgan fingerprint density at radius 3 is 2.70 bits per heavy atom. The van der Waals surface area contributed by atoms with Crippen molar-refractivity contribution in [2.75, 3.05) is 12.5 Å². The van der Waals surface area contributed by atoms with E-state index < -0.39 is 10.0 Å². The van der Waals surface area contributed by atoms with Gasteiger partial charge in [0.15, 0.2) is 11.5 Å². The maximum absolute atomic E-state index is 12.5. The fourth-order valence-electron chi connectivity index (χ4n) is 2.53. The van der Waals surface area contributed by atoms with Gasteiger partial charge in [-0.1, -0.05) is 0 Å². The Kier molecular flexibility index (Phi) is 5.48. The number of halogens is 1. The van der Waals surface area contributed by atoms with Crippen molar-refractivity contribution in [2.24, 2.45) is 0 Å². The minimum atomic E-state index is -3.58. The zero-order chi connectivity index (χ0) is 17.3. The normalized spacial score (nSPS) is 16.3. The molecule has 0 saturated carbocycles. The van der Waals surface area contributed by atoms with Crippen LogP contribution in [0.25, 0.3) is 0 Å². The van der Waals surface area contributed by atoms with Crippen LogP contribution in [0.1, 0.15) is 39.7 Å². The highest BCUT2D eigenvalue weighted by molar-refractivity contribution is 7.89. The number of alkyl halides is 1. The summed E-state index contributed by atoms with van der Waals surface area (Å²) in [4.78, 5) is 0.201. The smallest absolute Gasteiger partial charge is 0.240 e. The molecule has 1 aromatic rings. The van der Waals surface area contributed by atoms with E-state index >= 15 is 0 Å². The Balaban J connectivity index is 2.41. The van der Waals surface area contributed by atoms with Crippen LogP contribution >= 0.6 is 11.6 Å². The number of ether oxygens (including phenoxy) is 2. The van der Waals surface area contributed by atoms with Crippen molar-refractivity contribution in [3.63, 3.8) is 0 Å². The summed E-state index contributed by atoms with van der Waals surface area (Å²) in [6, 6.07) is 3.02. The molecule has 1 heterocycles. The molecule has 130 valence electrons. The molecule has 23 heavy (non-hydrogen) atoms. The quantitative estimate of drug-likeness (QED) is 0.598. The van der Waals surface area contributed by atoms with Crippen LogP contribution in [-0.4, -0.2) is 32.5 Å². The summed E-state index contributed by atoms with van der Waals surface area (Å²) in [5.74, 6) is 1.58. The summed E-state index contributed by atoms with van der Waals surface area (Å²) in [5, 5.41) is 0. The Labute approximate surface area is 143 Å². The molecule has 7 heteroatoms. The zero-order valence-electron chi connectivity index (χ0n) is 14.0. The van der Waals surface area contributed by atoms with Crippen LogP contribution in [0.4, 0.5) is 0 Å². The van der Waals surface area contributed by atoms with Crippen molar-refractivity contribution in [3.05, 3.63) is 17.7 Å². The number of nitrogens with one attached hydrogen (secondary N) is 1. The van der Waals surface area contributed by atoms with Crippen LogP contribution in [0, 0.1) is 0 Å². The number of fused-ring (bicyclic) bond motifs is 1. The second kappa shape index (κ2) is 6.87. The summed E-state index contributed by atoms with van der Waals surface area (Å²) in [7, 11) is -3.58. The Bertz CT molecular complexity index is 671. The second-order valence-corrected chi connectivity index (χ2v) is 8.71. The first kappa shape index (κ1) is 18.4. The highest BCUT2D eigenvalue weighted by Crippen LogP contribution is 2.43. The first-order valence-electron chi connectivity index (χ1n) is 7.72. The fraction of sp³-hybridized carbons (Fsp3) is 0.625. The first-order valence-corrected chi connectivity index (χ1v) is 9.73. The minimum absolute atomic E-state index is 0.179. The van der Waals surface area contributed by atoms with Gasteiger partial charge in [-0.15, -0.1) is 11.6 Å². The monoisotopic (exact) mass is 361 g/mol. The van der Waals surface area contributed by atoms with Gasteiger partial charge in [0.05, 0.1) is 11.5 Å². The Morgan fingerprint density at radius 2 is 2.09 bits per heavy atom. The fourth-order valence-corrected chi connectivity index (χ4v) is 3.95. The molecule has 0 atom stereocenters. The maximum atomic E-state index is 12.5. The van der Waals surface area contributed by atoms with Crippen LogP contribution in [0.2, 0.25) is 0 Å². The van der Waals surface area contributed by atoms with Gasteiger partial charge in [0.1, 0.15) is 5.60 Å². The van der Waals surface area contributed by atoms with Crippen LogP contribution in [0.15, 0.2) is 17.0 Å². The van der Waals surface area contributed by atoms with E-state index in [1.165, 1.54) is 6.07 Å². The van der Waals surface area contributed by atoms with Crippen molar-refractivity contribution < 1.29 is 17.9 Å². The number of sulfonamides is 1. The van der Waals surface area contributed by atoms with E-state index in [4.69, 9.17) is 21.1 Å². The van der Waals surface area contributed by atoms with Crippen molar-refractivity contribution in [1.29, 1.82) is 0 Å². The van der Waals surface area contributed by atoms with Crippen LogP contribution in [-0.2, 0) is 16.4 Å². The number of hydrogen-bond donors (Lipinski definition) is 1. The summed E-state index contributed by atoms with van der Waals surface area (Å²) < 4.78 is 39.2. The van der Waals surface area contributed by atoms with E-state index in [1.807, 2.05) is 13.8 Å². The average Bonchev–Trinajstić information content (AvgIpc) is 2.71. The average molecular weight is 362 g/mol. The molecule has 2 rings (SSSR count). The third kappa shape index (κ3) is 4.52. The molecule has 5 nitrogen and oxygen atoms in total. The van der Waals surface area contributed by atoms with E-state index in [2.05, 4.69) is 4.72 Å². The zero-order valence-corrected chi connectivity index (χ0v) is 15.6. The largest absolute Gasteiger partial charge is 0.490 e. The molecule has 0 aliphatic carbocycles. The molecule has 1 aliphatic heterocycles. The molecule has 0 aromatic heterocycles. The highest BCUT2D eigenvalue weighted by atomic mass is 35.5. The summed E-state index contributed by atoms with van der Waals surface area (Å²) in [5.41, 5.74) is 0.475. The molecule has 1 aromatic carbocycles. The Morgan fingerprint density at radius 1 is 1.39 bits per heavy atom. The molecular formula is C16H24ClNO4S. The maximum Gasteiger partial charge on any atom is 0.240 e. The van der Waals surface area contributed by atoms with Gasteiger partial charge in [0, 0.05) is 30.0 Å². The molecule has 0 unspecified atom stereocenters. The van der Waals surface area contributed by atoms with E-state index in [0.717, 1.165) is 5.56 Å². The van der Waals surface area contributed by atoms with Crippen LogP contribution < -0.4 is 14.2 Å². The van der Waals surface area contributed by atoms with Crippen molar-refractivity contribution in [3.8, 4) is 11.5 Å². The van der Waals surface area contributed by atoms with Gasteiger partial charge in [0.2, 0.25) is 10.0 Å². The molecule has 0 bridgehead atoms. The van der Waals surface area contributed by atoms with Gasteiger partial charge in [0.25, 0.3) is 0 Å². The molecule has 0 saturated heterocycles. The van der Waals surface area contributed by atoms with Crippen LogP contribution in [0.3, 0.4) is 0 Å². The van der Waals surface area contributed by atoms with Gasteiger partial charge in [-0.05, 0) is 40.2 Å². The van der Waals surface area contributed by atoms with Crippen molar-refractivity contribution in [1.82, 2.24) is 4.72 Å². The summed E-state index contributed by atoms with van der Waals surface area (Å²) in [6.45, 7) is 7.93. The third-order valence-electron chi connectivity index (χ3n) is 3.34. The van der Waals surface area contributed by atoms with Gasteiger partial charge in [-0.25, -0.2) is 13.1 Å². The summed E-state index contributed by atoms with van der Waals surface area (Å²) >= 11 is 5.67. The van der Waals surface area contributed by atoms with Crippen molar-refractivity contribution in [2.45, 2.75) is 57.1 Å². The number of benzene rings is 1. The van der Waals surface area contributed by atoms with E-state index in [1.54, 1.807) is 19.9 Å². The lowest BCUT2D eigenvalue weighted by Gasteiger charge is -2.18.